The van der Waals surface area contributed by atoms with Gasteiger partial charge in [-0.25, -0.2) is 4.68 Å². The second kappa shape index (κ2) is 6.99. The van der Waals surface area contributed by atoms with E-state index in [9.17, 15) is 9.59 Å². The van der Waals surface area contributed by atoms with Crippen molar-refractivity contribution >= 4 is 22.4 Å². The van der Waals surface area contributed by atoms with Crippen LogP contribution in [-0.2, 0) is 13.0 Å². The van der Waals surface area contributed by atoms with Gasteiger partial charge in [-0.15, -0.1) is 0 Å². The molecule has 2 aromatic carbocycles. The minimum atomic E-state index is -0.144. The van der Waals surface area contributed by atoms with Crippen LogP contribution in [0.3, 0.4) is 0 Å². The molecule has 5 nitrogen and oxygen atoms in total. The Morgan fingerprint density at radius 2 is 1.78 bits per heavy atom. The minimum Gasteiger partial charge on any atom is -0.307 e. The molecule has 1 aliphatic heterocycles. The molecule has 138 valence electrons. The molecule has 4 rings (SSSR count). The lowest BCUT2D eigenvalue weighted by molar-refractivity contribution is 0.0979. The Morgan fingerprint density at radius 1 is 1.07 bits per heavy atom. The number of hydrogen-bond acceptors (Lipinski definition) is 3. The van der Waals surface area contributed by atoms with E-state index in [-0.39, 0.29) is 17.4 Å². The van der Waals surface area contributed by atoms with Crippen LogP contribution < -0.4 is 10.5 Å². The number of carbonyl (C=O) groups is 1. The Kier molecular flexibility index (Phi) is 4.52. The zero-order chi connectivity index (χ0) is 19.0. The Hall–Kier alpha value is -2.95. The monoisotopic (exact) mass is 361 g/mol. The zero-order valence-electron chi connectivity index (χ0n) is 15.7. The van der Waals surface area contributed by atoms with Crippen molar-refractivity contribution in [1.29, 1.82) is 0 Å². The first-order chi connectivity index (χ1) is 13.1. The molecule has 5 heteroatoms. The Labute approximate surface area is 158 Å². The predicted molar refractivity (Wildman–Crippen MR) is 107 cm³/mol. The first kappa shape index (κ1) is 17.5. The summed E-state index contributed by atoms with van der Waals surface area (Å²) >= 11 is 0. The maximum atomic E-state index is 13.5. The van der Waals surface area contributed by atoms with Gasteiger partial charge >= 0.3 is 0 Å². The summed E-state index contributed by atoms with van der Waals surface area (Å²) in [6, 6.07) is 15.3. The van der Waals surface area contributed by atoms with E-state index in [0.29, 0.717) is 29.6 Å². The molecule has 0 atom stereocenters. The third-order valence-electron chi connectivity index (χ3n) is 4.96. The summed E-state index contributed by atoms with van der Waals surface area (Å²) in [5.74, 6) is 0.117. The van der Waals surface area contributed by atoms with E-state index in [1.54, 1.807) is 11.0 Å². The van der Waals surface area contributed by atoms with Gasteiger partial charge in [-0.05, 0) is 36.5 Å². The number of fused-ring (bicyclic) bond motifs is 2. The van der Waals surface area contributed by atoms with Crippen molar-refractivity contribution in [3.05, 3.63) is 70.1 Å². The quantitative estimate of drug-likeness (QED) is 0.716. The highest BCUT2D eigenvalue weighted by atomic mass is 16.2. The molecular weight excluding hydrogens is 338 g/mol. The van der Waals surface area contributed by atoms with Gasteiger partial charge in [0.1, 0.15) is 0 Å². The minimum absolute atomic E-state index is 0.143. The van der Waals surface area contributed by atoms with Gasteiger partial charge in [-0.3, -0.25) is 9.59 Å². The summed E-state index contributed by atoms with van der Waals surface area (Å²) in [6.07, 6.45) is 1.90. The number of hydrogen-bond donors (Lipinski definition) is 0. The maximum Gasteiger partial charge on any atom is 0.279 e. The fraction of sp³-hybridized carbons (Fsp3) is 0.318. The van der Waals surface area contributed by atoms with Crippen LogP contribution in [0, 0.1) is 5.92 Å². The van der Waals surface area contributed by atoms with Crippen LogP contribution in [0.4, 0.5) is 5.69 Å². The SMILES string of the molecule is CC(C)Cn1nc(C(=O)N2CCCc3ccccc32)c2ccccc2c1=O. The maximum absolute atomic E-state index is 13.5. The molecule has 2 heterocycles. The molecule has 0 saturated carbocycles. The number of nitrogens with zero attached hydrogens (tertiary/aromatic N) is 3. The summed E-state index contributed by atoms with van der Waals surface area (Å²) in [6.45, 7) is 5.22. The van der Waals surface area contributed by atoms with Gasteiger partial charge in [0.15, 0.2) is 5.69 Å². The van der Waals surface area contributed by atoms with Gasteiger partial charge in [0, 0.05) is 24.2 Å². The van der Waals surface area contributed by atoms with Crippen LogP contribution in [-0.4, -0.2) is 22.2 Å². The Morgan fingerprint density at radius 3 is 2.56 bits per heavy atom. The molecule has 1 aromatic heterocycles. The van der Waals surface area contributed by atoms with Crippen LogP contribution >= 0.6 is 0 Å². The van der Waals surface area contributed by atoms with Gasteiger partial charge in [-0.1, -0.05) is 50.2 Å². The van der Waals surface area contributed by atoms with Crippen molar-refractivity contribution in [2.75, 3.05) is 11.4 Å². The highest BCUT2D eigenvalue weighted by Gasteiger charge is 2.27. The van der Waals surface area contributed by atoms with E-state index < -0.39 is 0 Å². The van der Waals surface area contributed by atoms with E-state index >= 15 is 0 Å². The van der Waals surface area contributed by atoms with E-state index in [0.717, 1.165) is 18.5 Å². The standard InChI is InChI=1S/C22H23N3O2/c1-15(2)14-25-21(26)18-11-5-4-10-17(18)20(23-25)22(27)24-13-7-9-16-8-3-6-12-19(16)24/h3-6,8,10-12,15H,7,9,13-14H2,1-2H3. The van der Waals surface area contributed by atoms with Crippen LogP contribution in [0.2, 0.25) is 0 Å². The zero-order valence-corrected chi connectivity index (χ0v) is 15.7. The summed E-state index contributed by atoms with van der Waals surface area (Å²) < 4.78 is 1.44. The molecule has 1 amide bonds. The van der Waals surface area contributed by atoms with Crippen molar-refractivity contribution in [1.82, 2.24) is 9.78 Å². The highest BCUT2D eigenvalue weighted by Crippen LogP contribution is 2.28. The van der Waals surface area contributed by atoms with Crippen molar-refractivity contribution < 1.29 is 4.79 Å². The molecule has 1 aliphatic rings. The summed E-state index contributed by atoms with van der Waals surface area (Å²) in [4.78, 5) is 28.1. The number of benzene rings is 2. The van der Waals surface area contributed by atoms with Gasteiger partial charge in [0.2, 0.25) is 0 Å². The van der Waals surface area contributed by atoms with Gasteiger partial charge in [-0.2, -0.15) is 5.10 Å². The summed E-state index contributed by atoms with van der Waals surface area (Å²) in [5.41, 5.74) is 2.33. The number of amides is 1. The number of aryl methyl sites for hydroxylation is 1. The third kappa shape index (κ3) is 3.14. The number of para-hydroxylation sites is 1. The second-order valence-corrected chi connectivity index (χ2v) is 7.46. The summed E-state index contributed by atoms with van der Waals surface area (Å²) in [5, 5.41) is 5.67. The third-order valence-corrected chi connectivity index (χ3v) is 4.96. The molecule has 0 aliphatic carbocycles. The van der Waals surface area contributed by atoms with Gasteiger partial charge in [0.25, 0.3) is 11.5 Å². The lowest BCUT2D eigenvalue weighted by Crippen LogP contribution is -2.38. The van der Waals surface area contributed by atoms with E-state index in [4.69, 9.17) is 0 Å². The van der Waals surface area contributed by atoms with Crippen molar-refractivity contribution in [3.8, 4) is 0 Å². The van der Waals surface area contributed by atoms with Crippen LogP contribution in [0.5, 0.6) is 0 Å². The molecule has 0 saturated heterocycles. The van der Waals surface area contributed by atoms with E-state index in [1.165, 1.54) is 10.2 Å². The topological polar surface area (TPSA) is 55.2 Å². The lowest BCUT2D eigenvalue weighted by atomic mass is 10.0. The number of rotatable bonds is 3. The molecule has 0 N–H and O–H groups in total. The first-order valence-electron chi connectivity index (χ1n) is 9.46. The van der Waals surface area contributed by atoms with Crippen molar-refractivity contribution in [2.45, 2.75) is 33.2 Å². The number of anilines is 1. The lowest BCUT2D eigenvalue weighted by Gasteiger charge is -2.29. The molecular formula is C22H23N3O2. The Balaban J connectivity index is 1.88. The van der Waals surface area contributed by atoms with E-state index in [1.807, 2.05) is 50.2 Å². The normalized spacial score (nSPS) is 13.8. The molecule has 0 radical (unpaired) electrons. The largest absolute Gasteiger partial charge is 0.307 e. The van der Waals surface area contributed by atoms with Crippen LogP contribution in [0.25, 0.3) is 10.8 Å². The number of carbonyl (C=O) groups excluding carboxylic acids is 1. The molecule has 0 fully saturated rings. The smallest absolute Gasteiger partial charge is 0.279 e. The van der Waals surface area contributed by atoms with Gasteiger partial charge < -0.3 is 4.90 Å². The molecule has 3 aromatic rings. The molecule has 0 bridgehead atoms. The van der Waals surface area contributed by atoms with E-state index in [2.05, 4.69) is 11.2 Å². The summed E-state index contributed by atoms with van der Waals surface area (Å²) in [7, 11) is 0. The molecule has 0 unspecified atom stereocenters. The predicted octanol–water partition coefficient (Wildman–Crippen LogP) is 3.65. The average Bonchev–Trinajstić information content (AvgIpc) is 2.69. The van der Waals surface area contributed by atoms with Crippen molar-refractivity contribution in [2.24, 2.45) is 5.92 Å². The fourth-order valence-corrected chi connectivity index (χ4v) is 3.74. The highest BCUT2D eigenvalue weighted by molar-refractivity contribution is 6.12. The fourth-order valence-electron chi connectivity index (χ4n) is 3.74. The first-order valence-corrected chi connectivity index (χ1v) is 9.46. The van der Waals surface area contributed by atoms with Crippen LogP contribution in [0.15, 0.2) is 53.3 Å². The van der Waals surface area contributed by atoms with Crippen molar-refractivity contribution in [3.63, 3.8) is 0 Å². The second-order valence-electron chi connectivity index (χ2n) is 7.46. The Bertz CT molecular complexity index is 1070. The molecule has 0 spiro atoms. The average molecular weight is 361 g/mol. The van der Waals surface area contributed by atoms with Gasteiger partial charge in [0.05, 0.1) is 5.39 Å². The molecule has 27 heavy (non-hydrogen) atoms. The number of aromatic nitrogens is 2. The van der Waals surface area contributed by atoms with Crippen LogP contribution in [0.1, 0.15) is 36.3 Å².